The molecule has 0 unspecified atom stereocenters. The van der Waals surface area contributed by atoms with Gasteiger partial charge in [0, 0.05) is 23.7 Å². The number of aromatic amines is 1. The molecule has 29 heavy (non-hydrogen) atoms. The first-order valence-corrected chi connectivity index (χ1v) is 9.58. The second kappa shape index (κ2) is 8.74. The molecule has 2 aromatic rings. The highest BCUT2D eigenvalue weighted by molar-refractivity contribution is 5.85. The van der Waals surface area contributed by atoms with Gasteiger partial charge in [0.1, 0.15) is 11.6 Å². The first-order chi connectivity index (χ1) is 13.9. The minimum Gasteiger partial charge on any atom is -0.447 e. The van der Waals surface area contributed by atoms with E-state index in [2.05, 4.69) is 10.3 Å². The summed E-state index contributed by atoms with van der Waals surface area (Å²) in [5, 5.41) is 12.0. The number of H-pyrrole nitrogens is 1. The Bertz CT molecular complexity index is 1020. The number of nitriles is 1. The average Bonchev–Trinajstić information content (AvgIpc) is 3.50. The molecule has 150 valence electrons. The normalized spacial score (nSPS) is 14.0. The molecule has 0 saturated heterocycles. The van der Waals surface area contributed by atoms with E-state index in [9.17, 15) is 14.4 Å². The van der Waals surface area contributed by atoms with E-state index in [4.69, 9.17) is 10.00 Å². The van der Waals surface area contributed by atoms with Crippen molar-refractivity contribution >= 4 is 11.9 Å². The van der Waals surface area contributed by atoms with Gasteiger partial charge < -0.3 is 15.0 Å². The Morgan fingerprint density at radius 2 is 1.97 bits per heavy atom. The third-order valence-corrected chi connectivity index (χ3v) is 5.01. The third-order valence-electron chi connectivity index (χ3n) is 5.01. The predicted molar refractivity (Wildman–Crippen MR) is 106 cm³/mol. The van der Waals surface area contributed by atoms with Crippen molar-refractivity contribution in [3.05, 3.63) is 68.6 Å². The van der Waals surface area contributed by atoms with Crippen LogP contribution in [0.5, 0.6) is 0 Å². The van der Waals surface area contributed by atoms with Gasteiger partial charge in [0.25, 0.3) is 11.5 Å². The first kappa shape index (κ1) is 20.3. The molecule has 0 spiro atoms. The number of carbonyl (C=O) groups excluding carboxylic acids is 2. The summed E-state index contributed by atoms with van der Waals surface area (Å²) in [6, 6.07) is 11.0. The molecule has 0 radical (unpaired) electrons. The van der Waals surface area contributed by atoms with Crippen molar-refractivity contribution in [1.82, 2.24) is 10.3 Å². The fourth-order valence-electron chi connectivity index (χ4n) is 3.24. The molecule has 1 saturated carbocycles. The summed E-state index contributed by atoms with van der Waals surface area (Å²) in [6.45, 7) is 3.42. The molecule has 1 aliphatic rings. The summed E-state index contributed by atoms with van der Waals surface area (Å²) in [7, 11) is 0. The fraction of sp³-hybridized carbons (Fsp3) is 0.364. The maximum Gasteiger partial charge on any atom is 0.307 e. The minimum absolute atomic E-state index is 0.0264. The summed E-state index contributed by atoms with van der Waals surface area (Å²) in [5.41, 5.74) is 2.14. The van der Waals surface area contributed by atoms with Gasteiger partial charge in [-0.2, -0.15) is 5.26 Å². The van der Waals surface area contributed by atoms with Gasteiger partial charge in [0.15, 0.2) is 0 Å². The smallest absolute Gasteiger partial charge is 0.307 e. The van der Waals surface area contributed by atoms with Crippen LogP contribution in [0.4, 0.5) is 0 Å². The summed E-state index contributed by atoms with van der Waals surface area (Å²) in [4.78, 5) is 39.6. The Labute approximate surface area is 168 Å². The van der Waals surface area contributed by atoms with Crippen LogP contribution in [0, 0.1) is 25.2 Å². The average molecular weight is 393 g/mol. The van der Waals surface area contributed by atoms with Gasteiger partial charge in [-0.25, -0.2) is 0 Å². The van der Waals surface area contributed by atoms with Crippen LogP contribution in [-0.2, 0) is 20.7 Å². The molecule has 1 heterocycles. The summed E-state index contributed by atoms with van der Waals surface area (Å²) >= 11 is 0. The lowest BCUT2D eigenvalue weighted by Crippen LogP contribution is -2.33. The van der Waals surface area contributed by atoms with Crippen molar-refractivity contribution in [1.29, 1.82) is 5.26 Å². The lowest BCUT2D eigenvalue weighted by Gasteiger charge is -2.18. The van der Waals surface area contributed by atoms with E-state index in [1.165, 1.54) is 0 Å². The second-order valence-electron chi connectivity index (χ2n) is 7.23. The van der Waals surface area contributed by atoms with E-state index >= 15 is 0 Å². The quantitative estimate of drug-likeness (QED) is 0.701. The van der Waals surface area contributed by atoms with Crippen LogP contribution in [0.1, 0.15) is 53.3 Å². The van der Waals surface area contributed by atoms with Gasteiger partial charge in [-0.3, -0.25) is 14.4 Å². The van der Waals surface area contributed by atoms with E-state index < -0.39 is 17.6 Å². The SMILES string of the molecule is Cc1[nH]c(=O)c(C#N)c(C)c1CCC(=O)O[C@H](C(=O)NC1CC1)c1ccccc1. The molecule has 3 rings (SSSR count). The van der Waals surface area contributed by atoms with Crippen molar-refractivity contribution < 1.29 is 14.3 Å². The maximum atomic E-state index is 12.6. The molecule has 2 N–H and O–H groups in total. The van der Waals surface area contributed by atoms with Crippen LogP contribution < -0.4 is 10.9 Å². The second-order valence-corrected chi connectivity index (χ2v) is 7.23. The molecular weight excluding hydrogens is 370 g/mol. The maximum absolute atomic E-state index is 12.6. The van der Waals surface area contributed by atoms with Gasteiger partial charge >= 0.3 is 5.97 Å². The number of aryl methyl sites for hydroxylation is 1. The fourth-order valence-corrected chi connectivity index (χ4v) is 3.24. The van der Waals surface area contributed by atoms with E-state index in [0.717, 1.165) is 18.4 Å². The minimum atomic E-state index is -1.00. The van der Waals surface area contributed by atoms with Gasteiger partial charge in [-0.05, 0) is 44.2 Å². The number of rotatable bonds is 7. The highest BCUT2D eigenvalue weighted by atomic mass is 16.5. The molecule has 1 aliphatic carbocycles. The number of aromatic nitrogens is 1. The van der Waals surface area contributed by atoms with Gasteiger partial charge in [-0.15, -0.1) is 0 Å². The van der Waals surface area contributed by atoms with Crippen LogP contribution in [-0.4, -0.2) is 22.9 Å². The Morgan fingerprint density at radius 1 is 1.28 bits per heavy atom. The molecule has 0 aliphatic heterocycles. The monoisotopic (exact) mass is 393 g/mol. The van der Waals surface area contributed by atoms with Crippen molar-refractivity contribution in [2.45, 2.75) is 51.7 Å². The van der Waals surface area contributed by atoms with Crippen LogP contribution in [0.25, 0.3) is 0 Å². The van der Waals surface area contributed by atoms with E-state index in [0.29, 0.717) is 23.2 Å². The highest BCUT2D eigenvalue weighted by Gasteiger charge is 2.30. The summed E-state index contributed by atoms with van der Waals surface area (Å²) in [5.74, 6) is -0.844. The zero-order chi connectivity index (χ0) is 21.0. The summed E-state index contributed by atoms with van der Waals surface area (Å²) < 4.78 is 5.52. The Morgan fingerprint density at radius 3 is 2.59 bits per heavy atom. The number of benzene rings is 1. The number of ether oxygens (including phenoxy) is 1. The molecule has 1 atom stereocenters. The van der Waals surface area contributed by atoms with Crippen LogP contribution in [0.3, 0.4) is 0 Å². The Balaban J connectivity index is 1.72. The number of pyridine rings is 1. The van der Waals surface area contributed by atoms with Crippen LogP contribution in [0.2, 0.25) is 0 Å². The first-order valence-electron chi connectivity index (χ1n) is 9.58. The molecule has 1 amide bonds. The number of carbonyl (C=O) groups is 2. The van der Waals surface area contributed by atoms with Crippen molar-refractivity contribution in [3.8, 4) is 6.07 Å². The molecule has 1 aromatic carbocycles. The Hall–Kier alpha value is -3.40. The standard InChI is InChI=1S/C22H23N3O4/c1-13-17(14(2)24-21(27)18(13)12-23)10-11-19(26)29-20(15-6-4-3-5-7-15)22(28)25-16-8-9-16/h3-7,16,20H,8-11H2,1-2H3,(H,24,27)(H,25,28)/t20-/m0/s1. The number of amides is 1. The van der Waals surface area contributed by atoms with Gasteiger partial charge in [0.05, 0.1) is 0 Å². The lowest BCUT2D eigenvalue weighted by atomic mass is 9.99. The van der Waals surface area contributed by atoms with Gasteiger partial charge in [0.2, 0.25) is 6.10 Å². The van der Waals surface area contributed by atoms with Crippen molar-refractivity contribution in [2.75, 3.05) is 0 Å². The number of nitrogens with zero attached hydrogens (tertiary/aromatic N) is 1. The third kappa shape index (κ3) is 4.91. The van der Waals surface area contributed by atoms with E-state index in [1.807, 2.05) is 12.1 Å². The predicted octanol–water partition coefficient (Wildman–Crippen LogP) is 2.36. The molecule has 7 heteroatoms. The highest BCUT2D eigenvalue weighted by Crippen LogP contribution is 2.24. The van der Waals surface area contributed by atoms with Gasteiger partial charge in [-0.1, -0.05) is 30.3 Å². The lowest BCUT2D eigenvalue weighted by molar-refractivity contribution is -0.156. The van der Waals surface area contributed by atoms with E-state index in [1.54, 1.807) is 38.1 Å². The largest absolute Gasteiger partial charge is 0.447 e. The number of nitrogens with one attached hydrogen (secondary N) is 2. The summed E-state index contributed by atoms with van der Waals surface area (Å²) in [6.07, 6.45) is 1.20. The molecule has 1 fully saturated rings. The molecule has 1 aromatic heterocycles. The Kier molecular flexibility index (Phi) is 6.13. The zero-order valence-corrected chi connectivity index (χ0v) is 16.5. The van der Waals surface area contributed by atoms with Crippen molar-refractivity contribution in [2.24, 2.45) is 0 Å². The van der Waals surface area contributed by atoms with E-state index in [-0.39, 0.29) is 23.9 Å². The zero-order valence-electron chi connectivity index (χ0n) is 16.5. The van der Waals surface area contributed by atoms with Crippen LogP contribution >= 0.6 is 0 Å². The van der Waals surface area contributed by atoms with Crippen LogP contribution in [0.15, 0.2) is 35.1 Å². The molecule has 0 bridgehead atoms. The van der Waals surface area contributed by atoms with Crippen molar-refractivity contribution in [3.63, 3.8) is 0 Å². The topological polar surface area (TPSA) is 112 Å². The number of hydrogen-bond acceptors (Lipinski definition) is 5. The number of hydrogen-bond donors (Lipinski definition) is 2. The number of esters is 1. The molecular formula is C22H23N3O4. The molecule has 7 nitrogen and oxygen atoms in total.